The fourth-order valence-electron chi connectivity index (χ4n) is 3.69. The molecule has 0 heterocycles. The van der Waals surface area contributed by atoms with E-state index < -0.39 is 10.8 Å². The second-order valence-corrected chi connectivity index (χ2v) is 6.17. The van der Waals surface area contributed by atoms with E-state index in [1.807, 2.05) is 12.2 Å². The van der Waals surface area contributed by atoms with Gasteiger partial charge in [-0.3, -0.25) is 0 Å². The van der Waals surface area contributed by atoms with Gasteiger partial charge in [-0.2, -0.15) is 21.0 Å². The lowest BCUT2D eigenvalue weighted by molar-refractivity contribution is 0.129. The van der Waals surface area contributed by atoms with Crippen LogP contribution in [0.2, 0.25) is 0 Å². The first-order chi connectivity index (χ1) is 9.69. The van der Waals surface area contributed by atoms with E-state index in [1.165, 1.54) is 0 Å². The molecule has 0 saturated heterocycles. The molecule has 2 fully saturated rings. The minimum Gasteiger partial charge on any atom is -0.196 e. The van der Waals surface area contributed by atoms with Crippen molar-refractivity contribution in [2.45, 2.75) is 25.7 Å². The van der Waals surface area contributed by atoms with Crippen molar-refractivity contribution in [3.05, 3.63) is 12.2 Å². The number of allylic oxidation sites excluding steroid dienone is 2. The van der Waals surface area contributed by atoms with Crippen LogP contribution in [0.5, 0.6) is 0 Å². The molecule has 0 bridgehead atoms. The van der Waals surface area contributed by atoms with E-state index in [0.29, 0.717) is 0 Å². The van der Waals surface area contributed by atoms with Crippen molar-refractivity contribution in [1.82, 2.24) is 0 Å². The van der Waals surface area contributed by atoms with Gasteiger partial charge >= 0.3 is 0 Å². The quantitative estimate of drug-likeness (QED) is 0.715. The highest BCUT2D eigenvalue weighted by molar-refractivity contribution is 5.43. The van der Waals surface area contributed by atoms with Gasteiger partial charge in [0.05, 0.1) is 24.3 Å². The SMILES string of the molecule is N#CC1(C#N)C(C2CC2)C=CC(C2CC2)C1(C#N)C#N. The molecule has 0 N–H and O–H groups in total. The maximum Gasteiger partial charge on any atom is 0.182 e. The molecule has 0 aliphatic heterocycles. The van der Waals surface area contributed by atoms with Crippen LogP contribution in [0.15, 0.2) is 12.2 Å². The molecular formula is C16H14N4. The minimum atomic E-state index is -1.53. The summed E-state index contributed by atoms with van der Waals surface area (Å²) in [7, 11) is 0. The first-order valence-corrected chi connectivity index (χ1v) is 7.02. The van der Waals surface area contributed by atoms with E-state index >= 15 is 0 Å². The van der Waals surface area contributed by atoms with Gasteiger partial charge in [0.15, 0.2) is 10.8 Å². The summed E-state index contributed by atoms with van der Waals surface area (Å²) in [5, 5.41) is 38.8. The standard InChI is InChI=1S/C16H14N4/c17-7-15(8-18)13(11-1-2-11)5-6-14(12-3-4-12)16(15,9-19)10-20/h5-6,11-14H,1-4H2. The first-order valence-electron chi connectivity index (χ1n) is 7.02. The zero-order valence-electron chi connectivity index (χ0n) is 11.1. The van der Waals surface area contributed by atoms with E-state index in [9.17, 15) is 21.0 Å². The van der Waals surface area contributed by atoms with Crippen LogP contribution in [-0.4, -0.2) is 0 Å². The molecule has 0 radical (unpaired) electrons. The third kappa shape index (κ3) is 1.37. The summed E-state index contributed by atoms with van der Waals surface area (Å²) < 4.78 is 0. The minimum absolute atomic E-state index is 0.270. The molecule has 3 aliphatic rings. The molecule has 3 rings (SSSR count). The van der Waals surface area contributed by atoms with Crippen LogP contribution in [0.25, 0.3) is 0 Å². The number of nitrogens with zero attached hydrogens (tertiary/aromatic N) is 4. The van der Waals surface area contributed by atoms with Crippen LogP contribution in [0, 0.1) is 79.8 Å². The molecule has 0 spiro atoms. The van der Waals surface area contributed by atoms with Gasteiger partial charge in [-0.1, -0.05) is 12.2 Å². The zero-order chi connectivity index (χ0) is 14.4. The van der Waals surface area contributed by atoms with Gasteiger partial charge in [-0.15, -0.1) is 0 Å². The summed E-state index contributed by atoms with van der Waals surface area (Å²) in [6.45, 7) is 0. The first kappa shape index (κ1) is 12.7. The Bertz CT molecular complexity index is 541. The topological polar surface area (TPSA) is 95.2 Å². The lowest BCUT2D eigenvalue weighted by Gasteiger charge is -2.43. The second-order valence-electron chi connectivity index (χ2n) is 6.17. The summed E-state index contributed by atoms with van der Waals surface area (Å²) in [5.41, 5.74) is -3.06. The van der Waals surface area contributed by atoms with E-state index in [1.54, 1.807) is 0 Å². The average Bonchev–Trinajstić information content (AvgIpc) is 3.37. The van der Waals surface area contributed by atoms with E-state index in [2.05, 4.69) is 24.3 Å². The van der Waals surface area contributed by atoms with Crippen molar-refractivity contribution >= 4 is 0 Å². The summed E-state index contributed by atoms with van der Waals surface area (Å²) in [6.07, 6.45) is 7.78. The molecule has 98 valence electrons. The van der Waals surface area contributed by atoms with Crippen molar-refractivity contribution in [3.8, 4) is 24.3 Å². The largest absolute Gasteiger partial charge is 0.196 e. The molecule has 3 aliphatic carbocycles. The maximum absolute atomic E-state index is 9.70. The number of hydrogen-bond acceptors (Lipinski definition) is 4. The predicted octanol–water partition coefficient (Wildman–Crippen LogP) is 2.68. The molecule has 2 unspecified atom stereocenters. The lowest BCUT2D eigenvalue weighted by atomic mass is 9.50. The van der Waals surface area contributed by atoms with Crippen molar-refractivity contribution in [2.24, 2.45) is 34.5 Å². The van der Waals surface area contributed by atoms with Crippen LogP contribution in [-0.2, 0) is 0 Å². The molecule has 0 amide bonds. The highest BCUT2D eigenvalue weighted by atomic mass is 14.7. The second kappa shape index (κ2) is 4.10. The van der Waals surface area contributed by atoms with Gasteiger partial charge in [-0.05, 0) is 37.5 Å². The number of rotatable bonds is 2. The molecule has 0 aromatic heterocycles. The van der Waals surface area contributed by atoms with Crippen molar-refractivity contribution in [3.63, 3.8) is 0 Å². The fourth-order valence-corrected chi connectivity index (χ4v) is 3.69. The molecule has 0 aromatic rings. The Hall–Kier alpha value is -2.30. The van der Waals surface area contributed by atoms with Crippen molar-refractivity contribution in [1.29, 1.82) is 21.0 Å². The zero-order valence-corrected chi connectivity index (χ0v) is 11.1. The Morgan fingerprint density at radius 1 is 0.650 bits per heavy atom. The van der Waals surface area contributed by atoms with Crippen LogP contribution in [0.4, 0.5) is 0 Å². The van der Waals surface area contributed by atoms with Crippen LogP contribution in [0.1, 0.15) is 25.7 Å². The third-order valence-corrected chi connectivity index (χ3v) is 5.11. The molecule has 4 heteroatoms. The number of hydrogen-bond donors (Lipinski definition) is 0. The van der Waals surface area contributed by atoms with Gasteiger partial charge < -0.3 is 0 Å². The van der Waals surface area contributed by atoms with Gasteiger partial charge in [0, 0.05) is 11.8 Å². The van der Waals surface area contributed by atoms with Gasteiger partial charge in [0.1, 0.15) is 0 Å². The average molecular weight is 262 g/mol. The summed E-state index contributed by atoms with van der Waals surface area (Å²) in [4.78, 5) is 0. The molecule has 0 aromatic carbocycles. The predicted molar refractivity (Wildman–Crippen MR) is 68.9 cm³/mol. The molecule has 2 saturated carbocycles. The van der Waals surface area contributed by atoms with Crippen LogP contribution >= 0.6 is 0 Å². The van der Waals surface area contributed by atoms with Crippen molar-refractivity contribution in [2.75, 3.05) is 0 Å². The van der Waals surface area contributed by atoms with E-state index in [-0.39, 0.29) is 23.7 Å². The summed E-state index contributed by atoms with van der Waals surface area (Å²) in [5.74, 6) is -0.0304. The molecule has 4 nitrogen and oxygen atoms in total. The lowest BCUT2D eigenvalue weighted by Crippen LogP contribution is -2.51. The maximum atomic E-state index is 9.70. The summed E-state index contributed by atoms with van der Waals surface area (Å²) in [6, 6.07) is 8.35. The van der Waals surface area contributed by atoms with Crippen molar-refractivity contribution < 1.29 is 0 Å². The fraction of sp³-hybridized carbons (Fsp3) is 0.625. The summed E-state index contributed by atoms with van der Waals surface area (Å²) >= 11 is 0. The Balaban J connectivity index is 2.21. The van der Waals surface area contributed by atoms with Crippen LogP contribution in [0.3, 0.4) is 0 Å². The van der Waals surface area contributed by atoms with E-state index in [4.69, 9.17) is 0 Å². The molecule has 2 atom stereocenters. The Labute approximate surface area is 118 Å². The van der Waals surface area contributed by atoms with E-state index in [0.717, 1.165) is 25.7 Å². The Morgan fingerprint density at radius 3 is 1.15 bits per heavy atom. The Kier molecular flexibility index (Phi) is 2.61. The van der Waals surface area contributed by atoms with Gasteiger partial charge in [0.25, 0.3) is 0 Å². The number of nitriles is 4. The highest BCUT2D eigenvalue weighted by Crippen LogP contribution is 2.62. The molecule has 20 heavy (non-hydrogen) atoms. The monoisotopic (exact) mass is 262 g/mol. The smallest absolute Gasteiger partial charge is 0.182 e. The van der Waals surface area contributed by atoms with Gasteiger partial charge in [0.2, 0.25) is 0 Å². The highest BCUT2D eigenvalue weighted by Gasteiger charge is 2.67. The third-order valence-electron chi connectivity index (χ3n) is 5.11. The Morgan fingerprint density at radius 2 is 0.950 bits per heavy atom. The van der Waals surface area contributed by atoms with Gasteiger partial charge in [-0.25, -0.2) is 0 Å². The molecular weight excluding hydrogens is 248 g/mol. The van der Waals surface area contributed by atoms with Crippen LogP contribution < -0.4 is 0 Å². The normalized spacial score (nSPS) is 33.2.